The van der Waals surface area contributed by atoms with Gasteiger partial charge in [0.05, 0.1) is 0 Å². The normalized spacial score (nSPS) is 18.5. The molecule has 1 aromatic heterocycles. The molecule has 2 fully saturated rings. The molecule has 2 aliphatic carbocycles. The van der Waals surface area contributed by atoms with E-state index in [0.29, 0.717) is 0 Å². The summed E-state index contributed by atoms with van der Waals surface area (Å²) in [5.41, 5.74) is 0. The largest absolute Gasteiger partial charge is 0.356 e. The summed E-state index contributed by atoms with van der Waals surface area (Å²) in [6.45, 7) is 2.98. The molecular weight excluding hydrogens is 375 g/mol. The van der Waals surface area contributed by atoms with Gasteiger partial charge < -0.3 is 15.2 Å². The van der Waals surface area contributed by atoms with Crippen molar-refractivity contribution >= 4 is 29.9 Å². The Hall–Kier alpha value is -0.720. The summed E-state index contributed by atoms with van der Waals surface area (Å²) < 4.78 is 2.18. The molecule has 1 aromatic rings. The highest BCUT2D eigenvalue weighted by Gasteiger charge is 2.41. The van der Waals surface area contributed by atoms with Crippen LogP contribution in [0.3, 0.4) is 0 Å². The predicted molar refractivity (Wildman–Crippen MR) is 98.1 cm³/mol. The van der Waals surface area contributed by atoms with Gasteiger partial charge in [0.2, 0.25) is 0 Å². The van der Waals surface area contributed by atoms with E-state index in [0.717, 1.165) is 43.3 Å². The molecule has 0 aromatic carbocycles. The smallest absolute Gasteiger partial charge is 0.191 e. The highest BCUT2D eigenvalue weighted by atomic mass is 127. The lowest BCUT2D eigenvalue weighted by atomic mass is 9.98. The first-order chi connectivity index (χ1) is 9.86. The molecule has 0 atom stereocenters. The molecule has 2 N–H and O–H groups in total. The molecule has 0 aliphatic heterocycles. The maximum atomic E-state index is 4.32. The summed E-state index contributed by atoms with van der Waals surface area (Å²) in [7, 11) is 1.86. The van der Waals surface area contributed by atoms with Gasteiger partial charge in [-0.05, 0) is 55.6 Å². The molecule has 4 nitrogen and oxygen atoms in total. The van der Waals surface area contributed by atoms with E-state index in [-0.39, 0.29) is 24.0 Å². The minimum absolute atomic E-state index is 0. The lowest BCUT2D eigenvalue weighted by molar-refractivity contribution is 0.400. The Morgan fingerprint density at radius 1 is 1.14 bits per heavy atom. The van der Waals surface area contributed by atoms with Crippen LogP contribution < -0.4 is 10.6 Å². The summed E-state index contributed by atoms with van der Waals surface area (Å²) in [5.74, 6) is 3.82. The highest BCUT2D eigenvalue weighted by Crippen LogP contribution is 2.48. The Bertz CT molecular complexity index is 423. The lowest BCUT2D eigenvalue weighted by Gasteiger charge is -2.18. The Labute approximate surface area is 144 Å². The molecular formula is C16H27IN4. The number of aliphatic imine (C=N–C) groups is 1. The van der Waals surface area contributed by atoms with Crippen LogP contribution in [-0.2, 0) is 6.54 Å². The molecule has 0 radical (unpaired) electrons. The van der Waals surface area contributed by atoms with E-state index in [4.69, 9.17) is 0 Å². The van der Waals surface area contributed by atoms with E-state index in [1.54, 1.807) is 0 Å². The molecule has 118 valence electrons. The fourth-order valence-corrected chi connectivity index (χ4v) is 3.02. The van der Waals surface area contributed by atoms with Crippen molar-refractivity contribution in [2.75, 3.05) is 20.1 Å². The highest BCUT2D eigenvalue weighted by molar-refractivity contribution is 14.0. The first-order valence-corrected chi connectivity index (χ1v) is 7.92. The zero-order valence-corrected chi connectivity index (χ0v) is 15.1. The maximum absolute atomic E-state index is 4.32. The van der Waals surface area contributed by atoms with Crippen molar-refractivity contribution in [1.82, 2.24) is 15.2 Å². The molecule has 0 spiro atoms. The zero-order chi connectivity index (χ0) is 13.8. The summed E-state index contributed by atoms with van der Waals surface area (Å²) in [6.07, 6.45) is 9.97. The van der Waals surface area contributed by atoms with Crippen LogP contribution in [-0.4, -0.2) is 30.7 Å². The quantitative estimate of drug-likeness (QED) is 0.419. The number of aromatic nitrogens is 1. The first kappa shape index (κ1) is 16.6. The van der Waals surface area contributed by atoms with Crippen LogP contribution in [0.25, 0.3) is 0 Å². The van der Waals surface area contributed by atoms with Gasteiger partial charge in [-0.1, -0.05) is 0 Å². The fourth-order valence-electron chi connectivity index (χ4n) is 3.02. The van der Waals surface area contributed by atoms with Gasteiger partial charge in [-0.2, -0.15) is 0 Å². The maximum Gasteiger partial charge on any atom is 0.191 e. The molecule has 5 heteroatoms. The van der Waals surface area contributed by atoms with Gasteiger partial charge in [0.15, 0.2) is 5.96 Å². The van der Waals surface area contributed by atoms with Gasteiger partial charge in [-0.25, -0.2) is 0 Å². The molecule has 21 heavy (non-hydrogen) atoms. The van der Waals surface area contributed by atoms with Gasteiger partial charge in [-0.15, -0.1) is 24.0 Å². The summed E-state index contributed by atoms with van der Waals surface area (Å²) in [6, 6.07) is 4.12. The zero-order valence-electron chi connectivity index (χ0n) is 12.8. The third-order valence-corrected chi connectivity index (χ3v) is 4.51. The number of nitrogens with one attached hydrogen (secondary N) is 2. The Morgan fingerprint density at radius 3 is 2.29 bits per heavy atom. The monoisotopic (exact) mass is 402 g/mol. The molecule has 0 saturated heterocycles. The van der Waals surface area contributed by atoms with Crippen LogP contribution in [0, 0.1) is 17.8 Å². The standard InChI is InChI=1S/C16H26N4.HI/c1-17-16(18-8-11-20-9-2-3-10-20)19-12-15(13-4-5-13)14-6-7-14;/h2-3,9-10,13-15H,4-8,11-12H2,1H3,(H2,17,18,19);1H. The molecule has 0 unspecified atom stereocenters. The molecule has 3 rings (SSSR count). The van der Waals surface area contributed by atoms with E-state index < -0.39 is 0 Å². The number of nitrogens with zero attached hydrogens (tertiary/aromatic N) is 2. The number of rotatable bonds is 7. The van der Waals surface area contributed by atoms with Gasteiger partial charge in [0, 0.05) is 39.1 Å². The number of guanidine groups is 1. The van der Waals surface area contributed by atoms with Crippen molar-refractivity contribution in [2.45, 2.75) is 32.2 Å². The summed E-state index contributed by atoms with van der Waals surface area (Å²) >= 11 is 0. The Kier molecular flexibility index (Phi) is 6.39. The average Bonchev–Trinajstić information content (AvgIpc) is 3.39. The van der Waals surface area contributed by atoms with Crippen molar-refractivity contribution in [1.29, 1.82) is 0 Å². The van der Waals surface area contributed by atoms with E-state index >= 15 is 0 Å². The Morgan fingerprint density at radius 2 is 1.76 bits per heavy atom. The van der Waals surface area contributed by atoms with Gasteiger partial charge in [0.1, 0.15) is 0 Å². The third-order valence-electron chi connectivity index (χ3n) is 4.51. The predicted octanol–water partition coefficient (Wildman–Crippen LogP) is 2.71. The van der Waals surface area contributed by atoms with E-state index in [2.05, 4.69) is 44.7 Å². The molecule has 2 saturated carbocycles. The van der Waals surface area contributed by atoms with Gasteiger partial charge >= 0.3 is 0 Å². The van der Waals surface area contributed by atoms with Crippen molar-refractivity contribution in [3.05, 3.63) is 24.5 Å². The summed E-state index contributed by atoms with van der Waals surface area (Å²) in [5, 5.41) is 6.92. The molecule has 0 amide bonds. The van der Waals surface area contributed by atoms with E-state index in [1.807, 2.05) is 7.05 Å². The van der Waals surface area contributed by atoms with Crippen LogP contribution in [0.1, 0.15) is 25.7 Å². The second-order valence-corrected chi connectivity index (χ2v) is 6.14. The SMILES string of the molecule is CN=C(NCCn1cccc1)NCC(C1CC1)C1CC1.I. The molecule has 2 aliphatic rings. The summed E-state index contributed by atoms with van der Waals surface area (Å²) in [4.78, 5) is 4.32. The van der Waals surface area contributed by atoms with Crippen molar-refractivity contribution in [3.63, 3.8) is 0 Å². The van der Waals surface area contributed by atoms with E-state index in [9.17, 15) is 0 Å². The second kappa shape index (κ2) is 8.06. The fraction of sp³-hybridized carbons (Fsp3) is 0.688. The van der Waals surface area contributed by atoms with Crippen LogP contribution in [0.15, 0.2) is 29.5 Å². The minimum Gasteiger partial charge on any atom is -0.356 e. The first-order valence-electron chi connectivity index (χ1n) is 7.92. The van der Waals surface area contributed by atoms with Crippen LogP contribution in [0.2, 0.25) is 0 Å². The van der Waals surface area contributed by atoms with Gasteiger partial charge in [0.25, 0.3) is 0 Å². The minimum atomic E-state index is 0. The molecule has 0 bridgehead atoms. The van der Waals surface area contributed by atoms with Crippen LogP contribution in [0.4, 0.5) is 0 Å². The topological polar surface area (TPSA) is 41.4 Å². The van der Waals surface area contributed by atoms with Crippen molar-refractivity contribution in [3.8, 4) is 0 Å². The average molecular weight is 402 g/mol. The third kappa shape index (κ3) is 5.20. The van der Waals surface area contributed by atoms with Gasteiger partial charge in [-0.3, -0.25) is 4.99 Å². The number of hydrogen-bond donors (Lipinski definition) is 2. The van der Waals surface area contributed by atoms with Crippen LogP contribution in [0.5, 0.6) is 0 Å². The molecule has 1 heterocycles. The van der Waals surface area contributed by atoms with E-state index in [1.165, 1.54) is 25.7 Å². The Balaban J connectivity index is 0.00000161. The number of hydrogen-bond acceptors (Lipinski definition) is 1. The van der Waals surface area contributed by atoms with Crippen molar-refractivity contribution in [2.24, 2.45) is 22.7 Å². The van der Waals surface area contributed by atoms with Crippen molar-refractivity contribution < 1.29 is 0 Å². The second-order valence-electron chi connectivity index (χ2n) is 6.14. The number of halogens is 1. The lowest BCUT2D eigenvalue weighted by Crippen LogP contribution is -2.41. The van der Waals surface area contributed by atoms with Crippen LogP contribution >= 0.6 is 24.0 Å².